The minimum absolute atomic E-state index is 0. The van der Waals surface area contributed by atoms with Gasteiger partial charge in [0.25, 0.3) is 0 Å². The van der Waals surface area contributed by atoms with Crippen molar-refractivity contribution < 1.29 is 31.3 Å². The van der Waals surface area contributed by atoms with Crippen LogP contribution in [-0.2, 0) is 21.1 Å². The molecule has 2 aromatic rings. The summed E-state index contributed by atoms with van der Waals surface area (Å²) in [6, 6.07) is 14.3. The van der Waals surface area contributed by atoms with E-state index in [0.717, 1.165) is 43.5 Å². The number of aliphatic imine (C=N–C) groups is 2. The van der Waals surface area contributed by atoms with Crippen LogP contribution in [0.2, 0.25) is 0 Å². The second-order valence-electron chi connectivity index (χ2n) is 5.25. The van der Waals surface area contributed by atoms with Crippen molar-refractivity contribution >= 4 is 12.4 Å². The van der Waals surface area contributed by atoms with Crippen molar-refractivity contribution in [2.45, 2.75) is 19.3 Å². The molecule has 0 radical (unpaired) electrons. The van der Waals surface area contributed by atoms with Crippen LogP contribution in [0.5, 0.6) is 11.5 Å². The second kappa shape index (κ2) is 11.6. The normalized spacial score (nSPS) is 11.0. The number of phenols is 2. The van der Waals surface area contributed by atoms with Crippen LogP contribution in [0.1, 0.15) is 30.4 Å². The van der Waals surface area contributed by atoms with Gasteiger partial charge < -0.3 is 10.2 Å². The summed E-state index contributed by atoms with van der Waals surface area (Å²) in [5.74, 6) is 0.518. The largest absolute Gasteiger partial charge is 0.507 e. The summed E-state index contributed by atoms with van der Waals surface area (Å²) in [5.41, 5.74) is 1.50. The molecular formula is C19H22N2O2Pt. The third-order valence-corrected chi connectivity index (χ3v) is 3.41. The minimum atomic E-state index is 0. The molecule has 130 valence electrons. The standard InChI is InChI=1S/C19H22N2O2.Pt/c22-18-10-4-2-8-16(18)14-20-12-6-1-7-13-21-15-17-9-3-5-11-19(17)23;/h2-5,8-11,14-15,22-23H,1,6-7,12-13H2;. The maximum Gasteiger partial charge on any atom is 0.124 e. The molecule has 2 N–H and O–H groups in total. The van der Waals surface area contributed by atoms with Crippen LogP contribution in [0, 0.1) is 0 Å². The molecule has 0 aliphatic carbocycles. The first-order valence-corrected chi connectivity index (χ1v) is 7.83. The van der Waals surface area contributed by atoms with Gasteiger partial charge in [-0.2, -0.15) is 0 Å². The van der Waals surface area contributed by atoms with E-state index in [0.29, 0.717) is 0 Å². The van der Waals surface area contributed by atoms with E-state index in [4.69, 9.17) is 0 Å². The van der Waals surface area contributed by atoms with Gasteiger partial charge in [-0.3, -0.25) is 9.98 Å². The molecule has 0 amide bonds. The number of benzene rings is 2. The first-order chi connectivity index (χ1) is 11.3. The van der Waals surface area contributed by atoms with Gasteiger partial charge in [0.15, 0.2) is 0 Å². The molecule has 0 spiro atoms. The third-order valence-electron chi connectivity index (χ3n) is 3.41. The zero-order chi connectivity index (χ0) is 16.3. The molecule has 24 heavy (non-hydrogen) atoms. The molecule has 0 atom stereocenters. The topological polar surface area (TPSA) is 65.2 Å². The zero-order valence-electron chi connectivity index (χ0n) is 13.4. The van der Waals surface area contributed by atoms with E-state index in [1.54, 1.807) is 36.7 Å². The van der Waals surface area contributed by atoms with Gasteiger partial charge in [-0.1, -0.05) is 24.3 Å². The van der Waals surface area contributed by atoms with E-state index in [1.165, 1.54) is 0 Å². The number of hydrogen-bond acceptors (Lipinski definition) is 4. The van der Waals surface area contributed by atoms with Gasteiger partial charge in [-0.25, -0.2) is 0 Å². The number of rotatable bonds is 8. The molecular weight excluding hydrogens is 483 g/mol. The fourth-order valence-electron chi connectivity index (χ4n) is 2.10. The molecule has 2 rings (SSSR count). The molecule has 0 heterocycles. The molecule has 2 aromatic carbocycles. The summed E-state index contributed by atoms with van der Waals surface area (Å²) in [4.78, 5) is 8.65. The number of nitrogens with zero attached hydrogens (tertiary/aromatic N) is 2. The van der Waals surface area contributed by atoms with Crippen LogP contribution in [0.15, 0.2) is 58.5 Å². The summed E-state index contributed by atoms with van der Waals surface area (Å²) in [6.45, 7) is 1.50. The van der Waals surface area contributed by atoms with Gasteiger partial charge in [0.2, 0.25) is 0 Å². The maximum absolute atomic E-state index is 9.60. The number of para-hydroxylation sites is 2. The SMILES string of the molecule is Oc1ccccc1C=NCCCCCN=Cc1ccccc1O.[Pt]. The zero-order valence-corrected chi connectivity index (χ0v) is 15.7. The van der Waals surface area contributed by atoms with Crippen LogP contribution in [0.3, 0.4) is 0 Å². The van der Waals surface area contributed by atoms with E-state index >= 15 is 0 Å². The van der Waals surface area contributed by atoms with Crippen molar-refractivity contribution in [2.24, 2.45) is 9.98 Å². The molecule has 0 saturated heterocycles. The predicted octanol–water partition coefficient (Wildman–Crippen LogP) is 3.80. The van der Waals surface area contributed by atoms with Gasteiger partial charge in [-0.15, -0.1) is 0 Å². The molecule has 0 aliphatic rings. The summed E-state index contributed by atoms with van der Waals surface area (Å²) >= 11 is 0. The second-order valence-corrected chi connectivity index (χ2v) is 5.25. The number of aromatic hydroxyl groups is 2. The Morgan fingerprint density at radius 3 is 1.50 bits per heavy atom. The number of hydrogen-bond donors (Lipinski definition) is 2. The molecule has 0 saturated carbocycles. The van der Waals surface area contributed by atoms with Crippen molar-refractivity contribution in [2.75, 3.05) is 13.1 Å². The van der Waals surface area contributed by atoms with Crippen molar-refractivity contribution in [3.8, 4) is 11.5 Å². The van der Waals surface area contributed by atoms with Gasteiger partial charge in [0.1, 0.15) is 11.5 Å². The number of phenolic OH excluding ortho intramolecular Hbond substituents is 2. The van der Waals surface area contributed by atoms with Crippen LogP contribution >= 0.6 is 0 Å². The summed E-state index contributed by atoms with van der Waals surface area (Å²) in [5, 5.41) is 19.2. The van der Waals surface area contributed by atoms with Crippen LogP contribution in [0.4, 0.5) is 0 Å². The molecule has 0 aromatic heterocycles. The molecule has 0 bridgehead atoms. The number of unbranched alkanes of at least 4 members (excludes halogenated alkanes) is 2. The Morgan fingerprint density at radius 2 is 1.08 bits per heavy atom. The molecule has 0 unspecified atom stereocenters. The summed E-state index contributed by atoms with van der Waals surface area (Å²) in [7, 11) is 0. The third kappa shape index (κ3) is 7.10. The fourth-order valence-corrected chi connectivity index (χ4v) is 2.10. The smallest absolute Gasteiger partial charge is 0.124 e. The summed E-state index contributed by atoms with van der Waals surface area (Å²) < 4.78 is 0. The van der Waals surface area contributed by atoms with E-state index in [9.17, 15) is 10.2 Å². The average Bonchev–Trinajstić information content (AvgIpc) is 2.56. The Bertz CT molecular complexity index is 614. The van der Waals surface area contributed by atoms with E-state index in [2.05, 4.69) is 9.98 Å². The molecule has 5 heteroatoms. The first kappa shape index (κ1) is 20.1. The summed E-state index contributed by atoms with van der Waals surface area (Å²) in [6.07, 6.45) is 6.47. The van der Waals surface area contributed by atoms with Crippen molar-refractivity contribution in [3.63, 3.8) is 0 Å². The Balaban J connectivity index is 0.00000288. The van der Waals surface area contributed by atoms with E-state index < -0.39 is 0 Å². The van der Waals surface area contributed by atoms with Gasteiger partial charge in [0.05, 0.1) is 0 Å². The van der Waals surface area contributed by atoms with Gasteiger partial charge >= 0.3 is 0 Å². The first-order valence-electron chi connectivity index (χ1n) is 7.83. The van der Waals surface area contributed by atoms with Crippen molar-refractivity contribution in [3.05, 3.63) is 59.7 Å². The Hall–Kier alpha value is -1.93. The van der Waals surface area contributed by atoms with E-state index in [1.807, 2.05) is 24.3 Å². The molecule has 0 fully saturated rings. The Kier molecular flexibility index (Phi) is 9.71. The van der Waals surface area contributed by atoms with Crippen molar-refractivity contribution in [1.82, 2.24) is 0 Å². The maximum atomic E-state index is 9.60. The average molecular weight is 505 g/mol. The van der Waals surface area contributed by atoms with Gasteiger partial charge in [-0.05, 0) is 43.5 Å². The monoisotopic (exact) mass is 505 g/mol. The minimum Gasteiger partial charge on any atom is -0.507 e. The predicted molar refractivity (Wildman–Crippen MR) is 95.0 cm³/mol. The van der Waals surface area contributed by atoms with Crippen LogP contribution < -0.4 is 0 Å². The Labute approximate surface area is 157 Å². The van der Waals surface area contributed by atoms with Gasteiger partial charge in [0, 0.05) is 57.7 Å². The Morgan fingerprint density at radius 1 is 0.667 bits per heavy atom. The van der Waals surface area contributed by atoms with Crippen molar-refractivity contribution in [1.29, 1.82) is 0 Å². The molecule has 4 nitrogen and oxygen atoms in total. The van der Waals surface area contributed by atoms with Crippen LogP contribution in [-0.4, -0.2) is 35.7 Å². The van der Waals surface area contributed by atoms with E-state index in [-0.39, 0.29) is 32.6 Å². The van der Waals surface area contributed by atoms with Crippen LogP contribution in [0.25, 0.3) is 0 Å². The quantitative estimate of drug-likeness (QED) is 0.424. The fraction of sp³-hybridized carbons (Fsp3) is 0.263. The molecule has 0 aliphatic heterocycles.